The van der Waals surface area contributed by atoms with E-state index in [9.17, 15) is 0 Å². The van der Waals surface area contributed by atoms with E-state index in [0.717, 1.165) is 19.6 Å². The van der Waals surface area contributed by atoms with E-state index in [4.69, 9.17) is 11.6 Å². The van der Waals surface area contributed by atoms with E-state index in [1.807, 2.05) is 0 Å². The van der Waals surface area contributed by atoms with Crippen LogP contribution in [0.3, 0.4) is 0 Å². The molecule has 7 heteroatoms. The minimum absolute atomic E-state index is 0.224. The summed E-state index contributed by atoms with van der Waals surface area (Å²) in [4.78, 5) is 17.1. The van der Waals surface area contributed by atoms with Gasteiger partial charge in [0.2, 0.25) is 17.2 Å². The van der Waals surface area contributed by atoms with E-state index in [-0.39, 0.29) is 11.3 Å². The van der Waals surface area contributed by atoms with Crippen molar-refractivity contribution < 1.29 is 0 Å². The molecule has 6 nitrogen and oxygen atoms in total. The first-order valence-corrected chi connectivity index (χ1v) is 7.82. The average Bonchev–Trinajstić information content (AvgIpc) is 2.38. The van der Waals surface area contributed by atoms with Gasteiger partial charge in [-0.1, -0.05) is 13.8 Å². The van der Waals surface area contributed by atoms with Gasteiger partial charge in [-0.25, -0.2) is 0 Å². The summed E-state index contributed by atoms with van der Waals surface area (Å²) >= 11 is 6.04. The molecule has 21 heavy (non-hydrogen) atoms. The standard InChI is InChI=1S/C14H27ClN6/c1-7-21(8-2)14-18-12(15)17-13(19-14)16-11(10(3)4)9-20(5)6/h10-11H,7-9H2,1-6H3,(H,16,17,18,19). The smallest absolute Gasteiger partial charge is 0.231 e. The van der Waals surface area contributed by atoms with Crippen LogP contribution in [0.5, 0.6) is 0 Å². The molecule has 120 valence electrons. The predicted octanol–water partition coefficient (Wildman–Crippen LogP) is 2.37. The molecule has 0 radical (unpaired) electrons. The molecule has 1 atom stereocenters. The second kappa shape index (κ2) is 8.34. The van der Waals surface area contributed by atoms with Crippen molar-refractivity contribution in [2.24, 2.45) is 5.92 Å². The van der Waals surface area contributed by atoms with E-state index in [1.54, 1.807) is 0 Å². The van der Waals surface area contributed by atoms with Gasteiger partial charge in [-0.3, -0.25) is 0 Å². The van der Waals surface area contributed by atoms with Crippen LogP contribution in [0.25, 0.3) is 0 Å². The minimum atomic E-state index is 0.224. The lowest BCUT2D eigenvalue weighted by atomic mass is 10.0. The highest BCUT2D eigenvalue weighted by Gasteiger charge is 2.17. The molecule has 0 aromatic carbocycles. The van der Waals surface area contributed by atoms with E-state index >= 15 is 0 Å². The van der Waals surface area contributed by atoms with Crippen molar-refractivity contribution in [3.8, 4) is 0 Å². The van der Waals surface area contributed by atoms with Crippen LogP contribution >= 0.6 is 11.6 Å². The summed E-state index contributed by atoms with van der Waals surface area (Å²) in [6.45, 7) is 11.1. The maximum atomic E-state index is 6.04. The number of nitrogens with zero attached hydrogens (tertiary/aromatic N) is 5. The summed E-state index contributed by atoms with van der Waals surface area (Å²) in [6.07, 6.45) is 0. The largest absolute Gasteiger partial charge is 0.350 e. The van der Waals surface area contributed by atoms with Gasteiger partial charge < -0.3 is 15.1 Å². The van der Waals surface area contributed by atoms with Crippen LogP contribution in [0.2, 0.25) is 5.28 Å². The molecule has 0 saturated carbocycles. The van der Waals surface area contributed by atoms with Crippen molar-refractivity contribution in [3.05, 3.63) is 5.28 Å². The zero-order chi connectivity index (χ0) is 16.0. The Hall–Kier alpha value is -1.14. The molecular weight excluding hydrogens is 288 g/mol. The van der Waals surface area contributed by atoms with Crippen LogP contribution in [0, 0.1) is 5.92 Å². The van der Waals surface area contributed by atoms with E-state index in [2.05, 4.69) is 71.9 Å². The molecule has 0 aliphatic carbocycles. The second-order valence-corrected chi connectivity index (χ2v) is 6.00. The number of hydrogen-bond donors (Lipinski definition) is 1. The Morgan fingerprint density at radius 3 is 2.19 bits per heavy atom. The van der Waals surface area contributed by atoms with Gasteiger partial charge in [0.15, 0.2) is 0 Å². The van der Waals surface area contributed by atoms with Crippen molar-refractivity contribution >= 4 is 23.5 Å². The minimum Gasteiger partial charge on any atom is -0.350 e. The van der Waals surface area contributed by atoms with Crippen molar-refractivity contribution in [1.29, 1.82) is 0 Å². The van der Waals surface area contributed by atoms with Gasteiger partial charge in [0.05, 0.1) is 0 Å². The van der Waals surface area contributed by atoms with Gasteiger partial charge in [0, 0.05) is 25.7 Å². The van der Waals surface area contributed by atoms with Gasteiger partial charge in [-0.05, 0) is 45.5 Å². The summed E-state index contributed by atoms with van der Waals surface area (Å²) in [6, 6.07) is 0.253. The molecule has 0 aliphatic heterocycles. The van der Waals surface area contributed by atoms with Crippen molar-refractivity contribution in [2.75, 3.05) is 43.9 Å². The van der Waals surface area contributed by atoms with Crippen molar-refractivity contribution in [2.45, 2.75) is 33.7 Å². The Kier molecular flexibility index (Phi) is 7.11. The van der Waals surface area contributed by atoms with E-state index in [0.29, 0.717) is 17.8 Å². The monoisotopic (exact) mass is 314 g/mol. The summed E-state index contributed by atoms with van der Waals surface area (Å²) in [5, 5.41) is 3.60. The zero-order valence-electron chi connectivity index (χ0n) is 13.9. The zero-order valence-corrected chi connectivity index (χ0v) is 14.6. The molecular formula is C14H27ClN6. The molecule has 0 spiro atoms. The van der Waals surface area contributed by atoms with Crippen LogP contribution in [0.1, 0.15) is 27.7 Å². The van der Waals surface area contributed by atoms with E-state index in [1.165, 1.54) is 0 Å². The van der Waals surface area contributed by atoms with Crippen LogP contribution < -0.4 is 10.2 Å². The molecule has 1 heterocycles. The van der Waals surface area contributed by atoms with Gasteiger partial charge in [-0.15, -0.1) is 0 Å². The number of hydrogen-bond acceptors (Lipinski definition) is 6. The maximum Gasteiger partial charge on any atom is 0.231 e. The third-order valence-electron chi connectivity index (χ3n) is 3.32. The molecule has 1 N–H and O–H groups in total. The highest BCUT2D eigenvalue weighted by atomic mass is 35.5. The number of anilines is 2. The van der Waals surface area contributed by atoms with Crippen LogP contribution in [-0.4, -0.2) is 59.6 Å². The molecule has 0 bridgehead atoms. The van der Waals surface area contributed by atoms with Gasteiger partial charge in [0.1, 0.15) is 0 Å². The quantitative estimate of drug-likeness (QED) is 0.795. The lowest BCUT2D eigenvalue weighted by Crippen LogP contribution is -2.37. The predicted molar refractivity (Wildman–Crippen MR) is 89.2 cm³/mol. The maximum absolute atomic E-state index is 6.04. The van der Waals surface area contributed by atoms with Crippen LogP contribution in [-0.2, 0) is 0 Å². The van der Waals surface area contributed by atoms with E-state index < -0.39 is 0 Å². The summed E-state index contributed by atoms with van der Waals surface area (Å²) in [5.41, 5.74) is 0. The average molecular weight is 315 g/mol. The topological polar surface area (TPSA) is 57.2 Å². The Morgan fingerprint density at radius 2 is 1.71 bits per heavy atom. The molecule has 0 amide bonds. The molecule has 0 fully saturated rings. The molecule has 0 saturated heterocycles. The Labute approximate surface area is 132 Å². The Bertz CT molecular complexity index is 433. The van der Waals surface area contributed by atoms with Crippen molar-refractivity contribution in [3.63, 3.8) is 0 Å². The number of likely N-dealkylation sites (N-methyl/N-ethyl adjacent to an activating group) is 1. The lowest BCUT2D eigenvalue weighted by molar-refractivity contribution is 0.343. The first-order valence-electron chi connectivity index (χ1n) is 7.45. The van der Waals surface area contributed by atoms with Crippen LogP contribution in [0.4, 0.5) is 11.9 Å². The van der Waals surface area contributed by atoms with Gasteiger partial charge in [0.25, 0.3) is 0 Å². The fraction of sp³-hybridized carbons (Fsp3) is 0.786. The third kappa shape index (κ3) is 5.63. The SMILES string of the molecule is CCN(CC)c1nc(Cl)nc(NC(CN(C)C)C(C)C)n1. The third-order valence-corrected chi connectivity index (χ3v) is 3.49. The molecule has 1 aromatic heterocycles. The Morgan fingerprint density at radius 1 is 1.10 bits per heavy atom. The first-order chi connectivity index (χ1) is 9.87. The molecule has 0 aliphatic rings. The molecule has 1 unspecified atom stereocenters. The number of aromatic nitrogens is 3. The Balaban J connectivity index is 2.96. The van der Waals surface area contributed by atoms with Gasteiger partial charge >= 0.3 is 0 Å². The number of halogens is 1. The highest BCUT2D eigenvalue weighted by Crippen LogP contribution is 2.16. The summed E-state index contributed by atoms with van der Waals surface area (Å²) < 4.78 is 0. The van der Waals surface area contributed by atoms with Crippen LogP contribution in [0.15, 0.2) is 0 Å². The highest BCUT2D eigenvalue weighted by molar-refractivity contribution is 6.28. The van der Waals surface area contributed by atoms with Crippen molar-refractivity contribution in [1.82, 2.24) is 19.9 Å². The normalized spacial score (nSPS) is 12.8. The summed E-state index contributed by atoms with van der Waals surface area (Å²) in [5.74, 6) is 1.62. The fourth-order valence-corrected chi connectivity index (χ4v) is 2.19. The lowest BCUT2D eigenvalue weighted by Gasteiger charge is -2.26. The fourth-order valence-electron chi connectivity index (χ4n) is 2.03. The first kappa shape index (κ1) is 17.9. The number of nitrogens with one attached hydrogen (secondary N) is 1. The number of rotatable bonds is 8. The second-order valence-electron chi connectivity index (χ2n) is 5.66. The summed E-state index contributed by atoms with van der Waals surface area (Å²) in [7, 11) is 4.11. The molecule has 1 rings (SSSR count). The molecule has 1 aromatic rings. The van der Waals surface area contributed by atoms with Gasteiger partial charge in [-0.2, -0.15) is 15.0 Å².